The lowest BCUT2D eigenvalue weighted by atomic mass is 10.1. The third kappa shape index (κ3) is 6.57. The van der Waals surface area contributed by atoms with Crippen LogP contribution >= 0.6 is 12.2 Å². The third-order valence-corrected chi connectivity index (χ3v) is 5.24. The first-order chi connectivity index (χ1) is 15.0. The normalized spacial score (nSPS) is 11.1. The van der Waals surface area contributed by atoms with Gasteiger partial charge in [0.1, 0.15) is 11.5 Å². The van der Waals surface area contributed by atoms with Crippen LogP contribution < -0.4 is 15.6 Å². The molecule has 2 aromatic heterocycles. The molecule has 0 spiro atoms. The van der Waals surface area contributed by atoms with Crippen molar-refractivity contribution in [2.75, 3.05) is 33.8 Å². The molecular weight excluding hydrogens is 412 g/mol. The second-order valence-corrected chi connectivity index (χ2v) is 8.02. The van der Waals surface area contributed by atoms with E-state index in [0.717, 1.165) is 41.9 Å². The van der Waals surface area contributed by atoms with Crippen LogP contribution in [0, 0.1) is 0 Å². The predicted molar refractivity (Wildman–Crippen MR) is 127 cm³/mol. The molecule has 3 aromatic rings. The van der Waals surface area contributed by atoms with Crippen molar-refractivity contribution < 1.29 is 9.15 Å². The minimum Gasteiger partial charge on any atom is -0.494 e. The minimum absolute atomic E-state index is 0.128. The van der Waals surface area contributed by atoms with Crippen molar-refractivity contribution in [3.05, 3.63) is 64.3 Å². The first-order valence-electron chi connectivity index (χ1n) is 10.4. The molecule has 0 atom stereocenters. The number of aromatic amines is 1. The first kappa shape index (κ1) is 22.8. The zero-order chi connectivity index (χ0) is 22.2. The lowest BCUT2D eigenvalue weighted by molar-refractivity contribution is 0.340. The average Bonchev–Trinajstić information content (AvgIpc) is 3.24. The van der Waals surface area contributed by atoms with E-state index in [0.29, 0.717) is 30.4 Å². The third-order valence-electron chi connectivity index (χ3n) is 4.84. The summed E-state index contributed by atoms with van der Waals surface area (Å²) in [5, 5.41) is 4.82. The van der Waals surface area contributed by atoms with E-state index in [9.17, 15) is 4.79 Å². The molecule has 2 N–H and O–H groups in total. The summed E-state index contributed by atoms with van der Waals surface area (Å²) < 4.78 is 11.1. The molecule has 0 aliphatic carbocycles. The van der Waals surface area contributed by atoms with Crippen LogP contribution in [-0.4, -0.2) is 53.7 Å². The van der Waals surface area contributed by atoms with E-state index in [1.807, 2.05) is 62.3 Å². The van der Waals surface area contributed by atoms with Crippen LogP contribution in [0.15, 0.2) is 51.9 Å². The minimum atomic E-state index is -0.128. The van der Waals surface area contributed by atoms with Gasteiger partial charge in [-0.1, -0.05) is 0 Å². The summed E-state index contributed by atoms with van der Waals surface area (Å²) in [5.41, 5.74) is 1.28. The summed E-state index contributed by atoms with van der Waals surface area (Å²) in [4.78, 5) is 19.8. The van der Waals surface area contributed by atoms with Crippen LogP contribution in [0.3, 0.4) is 0 Å². The number of furan rings is 1. The Kier molecular flexibility index (Phi) is 8.08. The number of aromatic nitrogens is 1. The van der Waals surface area contributed by atoms with Crippen molar-refractivity contribution in [1.82, 2.24) is 20.1 Å². The van der Waals surface area contributed by atoms with E-state index < -0.39 is 0 Å². The molecular formula is C23H30N4O3S. The molecule has 0 saturated heterocycles. The summed E-state index contributed by atoms with van der Waals surface area (Å²) in [6.07, 6.45) is 2.61. The van der Waals surface area contributed by atoms with Gasteiger partial charge in [0, 0.05) is 23.0 Å². The summed E-state index contributed by atoms with van der Waals surface area (Å²) >= 11 is 5.65. The van der Waals surface area contributed by atoms with Gasteiger partial charge in [0.05, 0.1) is 26.0 Å². The Morgan fingerprint density at radius 3 is 2.77 bits per heavy atom. The molecule has 1 aromatic carbocycles. The fourth-order valence-corrected chi connectivity index (χ4v) is 3.53. The molecule has 0 radical (unpaired) electrons. The monoisotopic (exact) mass is 442 g/mol. The fourth-order valence-electron chi connectivity index (χ4n) is 3.30. The second-order valence-electron chi connectivity index (χ2n) is 7.63. The van der Waals surface area contributed by atoms with Gasteiger partial charge >= 0.3 is 0 Å². The number of hydrogen-bond donors (Lipinski definition) is 2. The smallest absolute Gasteiger partial charge is 0.253 e. The summed E-state index contributed by atoms with van der Waals surface area (Å²) in [5.74, 6) is 1.56. The molecule has 0 amide bonds. The van der Waals surface area contributed by atoms with Gasteiger partial charge in [0.2, 0.25) is 0 Å². The zero-order valence-electron chi connectivity index (χ0n) is 18.3. The molecule has 0 fully saturated rings. The Bertz CT molecular complexity index is 1050. The van der Waals surface area contributed by atoms with Gasteiger partial charge in [-0.05, 0) is 82.6 Å². The molecule has 3 rings (SSSR count). The van der Waals surface area contributed by atoms with Crippen LogP contribution in [0.2, 0.25) is 0 Å². The number of nitrogens with zero attached hydrogens (tertiary/aromatic N) is 2. The van der Waals surface area contributed by atoms with E-state index >= 15 is 0 Å². The van der Waals surface area contributed by atoms with Crippen LogP contribution in [-0.2, 0) is 13.1 Å². The standard InChI is InChI=1S/C23H30N4O3S/c1-4-29-19-8-9-21-17(14-19)13-18(22(28)25-21)15-27(16-20-7-5-12-30-20)23(31)24-10-6-11-26(2)3/h5,7-9,12-14H,4,6,10-11,15-16H2,1-3H3,(H,24,31)(H,25,28). The van der Waals surface area contributed by atoms with Gasteiger partial charge in [-0.3, -0.25) is 4.79 Å². The number of nitrogens with one attached hydrogen (secondary N) is 2. The molecule has 31 heavy (non-hydrogen) atoms. The Morgan fingerprint density at radius 1 is 1.23 bits per heavy atom. The Hall–Kier alpha value is -2.84. The van der Waals surface area contributed by atoms with Gasteiger partial charge in [-0.15, -0.1) is 0 Å². The van der Waals surface area contributed by atoms with E-state index in [1.54, 1.807) is 6.26 Å². The zero-order valence-corrected chi connectivity index (χ0v) is 19.1. The molecule has 166 valence electrons. The number of hydrogen-bond acceptors (Lipinski definition) is 5. The lowest BCUT2D eigenvalue weighted by Crippen LogP contribution is -2.40. The highest BCUT2D eigenvalue weighted by atomic mass is 32.1. The average molecular weight is 443 g/mol. The second kappa shape index (κ2) is 11.0. The highest BCUT2D eigenvalue weighted by Gasteiger charge is 2.15. The topological polar surface area (TPSA) is 73.7 Å². The number of pyridine rings is 1. The molecule has 0 unspecified atom stereocenters. The summed E-state index contributed by atoms with van der Waals surface area (Å²) in [7, 11) is 4.09. The molecule has 0 bridgehead atoms. The fraction of sp³-hybridized carbons (Fsp3) is 0.391. The maximum absolute atomic E-state index is 12.7. The van der Waals surface area contributed by atoms with E-state index in [4.69, 9.17) is 21.4 Å². The SMILES string of the molecule is CCOc1ccc2[nH]c(=O)c(CN(Cc3ccco3)C(=S)NCCCN(C)C)cc2c1. The van der Waals surface area contributed by atoms with Gasteiger partial charge < -0.3 is 29.3 Å². The van der Waals surface area contributed by atoms with E-state index in [1.165, 1.54) is 0 Å². The maximum Gasteiger partial charge on any atom is 0.253 e. The van der Waals surface area contributed by atoms with Gasteiger partial charge in [0.15, 0.2) is 5.11 Å². The number of H-pyrrole nitrogens is 1. The molecule has 8 heteroatoms. The largest absolute Gasteiger partial charge is 0.494 e. The van der Waals surface area contributed by atoms with Crippen molar-refractivity contribution in [1.29, 1.82) is 0 Å². The Labute approximate surface area is 188 Å². The number of ether oxygens (including phenoxy) is 1. The van der Waals surface area contributed by atoms with Crippen molar-refractivity contribution in [2.45, 2.75) is 26.4 Å². The van der Waals surface area contributed by atoms with Gasteiger partial charge in [-0.25, -0.2) is 0 Å². The molecule has 0 aliphatic heterocycles. The van der Waals surface area contributed by atoms with Crippen LogP contribution in [0.5, 0.6) is 5.75 Å². The van der Waals surface area contributed by atoms with Gasteiger partial charge in [-0.2, -0.15) is 0 Å². The van der Waals surface area contributed by atoms with E-state index in [-0.39, 0.29) is 5.56 Å². The number of rotatable bonds is 10. The van der Waals surface area contributed by atoms with Crippen LogP contribution in [0.4, 0.5) is 0 Å². The molecule has 2 heterocycles. The van der Waals surface area contributed by atoms with Crippen molar-refractivity contribution >= 4 is 28.2 Å². The Morgan fingerprint density at radius 2 is 2.06 bits per heavy atom. The Balaban J connectivity index is 1.80. The highest BCUT2D eigenvalue weighted by molar-refractivity contribution is 7.80. The van der Waals surface area contributed by atoms with Crippen molar-refractivity contribution in [2.24, 2.45) is 0 Å². The highest BCUT2D eigenvalue weighted by Crippen LogP contribution is 2.20. The first-order valence-corrected chi connectivity index (χ1v) is 10.9. The quantitative estimate of drug-likeness (QED) is 0.368. The lowest BCUT2D eigenvalue weighted by Gasteiger charge is -2.25. The van der Waals surface area contributed by atoms with E-state index in [2.05, 4.69) is 15.2 Å². The van der Waals surface area contributed by atoms with Crippen molar-refractivity contribution in [3.8, 4) is 5.75 Å². The number of thiocarbonyl (C=S) groups is 1. The van der Waals surface area contributed by atoms with Crippen LogP contribution in [0.25, 0.3) is 10.9 Å². The molecule has 0 saturated carbocycles. The number of fused-ring (bicyclic) bond motifs is 1. The molecule has 7 nitrogen and oxygen atoms in total. The van der Waals surface area contributed by atoms with Crippen LogP contribution in [0.1, 0.15) is 24.7 Å². The molecule has 0 aliphatic rings. The summed E-state index contributed by atoms with van der Waals surface area (Å²) in [6, 6.07) is 11.3. The number of benzene rings is 1. The van der Waals surface area contributed by atoms with Gasteiger partial charge in [0.25, 0.3) is 5.56 Å². The maximum atomic E-state index is 12.7. The summed E-state index contributed by atoms with van der Waals surface area (Å²) in [6.45, 7) is 5.11. The predicted octanol–water partition coefficient (Wildman–Crippen LogP) is 3.35. The van der Waals surface area contributed by atoms with Crippen molar-refractivity contribution in [3.63, 3.8) is 0 Å².